The zero-order chi connectivity index (χ0) is 22.3. The van der Waals surface area contributed by atoms with Gasteiger partial charge < -0.3 is 16.0 Å². The summed E-state index contributed by atoms with van der Waals surface area (Å²) >= 11 is 0. The van der Waals surface area contributed by atoms with E-state index in [1.54, 1.807) is 22.7 Å². The first-order valence-corrected chi connectivity index (χ1v) is 11.1. The van der Waals surface area contributed by atoms with Gasteiger partial charge in [0.2, 0.25) is 0 Å². The predicted molar refractivity (Wildman–Crippen MR) is 118 cm³/mol. The van der Waals surface area contributed by atoms with Crippen molar-refractivity contribution in [2.24, 2.45) is 0 Å². The third-order valence-electron chi connectivity index (χ3n) is 6.49. The van der Waals surface area contributed by atoms with Crippen LogP contribution in [0.25, 0.3) is 17.0 Å². The number of amides is 1. The van der Waals surface area contributed by atoms with Crippen molar-refractivity contribution >= 4 is 17.4 Å². The molecule has 1 aliphatic carbocycles. The Balaban J connectivity index is 1.44. The van der Waals surface area contributed by atoms with E-state index in [9.17, 15) is 13.6 Å². The Bertz CT molecular complexity index is 1170. The van der Waals surface area contributed by atoms with Crippen molar-refractivity contribution in [2.75, 3.05) is 18.4 Å². The number of hydrogen-bond acceptors (Lipinski definition) is 5. The molecule has 0 radical (unpaired) electrons. The molecule has 9 heteroatoms. The van der Waals surface area contributed by atoms with Gasteiger partial charge in [0.25, 0.3) is 5.91 Å². The van der Waals surface area contributed by atoms with Crippen LogP contribution in [0.15, 0.2) is 30.6 Å². The van der Waals surface area contributed by atoms with E-state index in [4.69, 9.17) is 0 Å². The van der Waals surface area contributed by atoms with Crippen LogP contribution in [0.3, 0.4) is 0 Å². The topological polar surface area (TPSA) is 83.4 Å². The summed E-state index contributed by atoms with van der Waals surface area (Å²) in [5.41, 5.74) is 1.30. The number of pyridine rings is 2. The lowest BCUT2D eigenvalue weighted by Crippen LogP contribution is -2.38. The Kier molecular flexibility index (Phi) is 5.28. The maximum absolute atomic E-state index is 14.7. The minimum absolute atomic E-state index is 0.00489. The third kappa shape index (κ3) is 3.92. The van der Waals surface area contributed by atoms with Crippen LogP contribution < -0.4 is 16.0 Å². The van der Waals surface area contributed by atoms with Gasteiger partial charge in [-0.15, -0.1) is 0 Å². The van der Waals surface area contributed by atoms with Crippen molar-refractivity contribution in [1.29, 1.82) is 0 Å². The molecule has 1 unspecified atom stereocenters. The summed E-state index contributed by atoms with van der Waals surface area (Å²) < 4.78 is 30.7. The van der Waals surface area contributed by atoms with Crippen LogP contribution in [0, 0.1) is 11.6 Å². The van der Waals surface area contributed by atoms with Crippen molar-refractivity contribution in [2.45, 2.75) is 50.6 Å². The number of fused-ring (bicyclic) bond motifs is 1. The second kappa shape index (κ2) is 8.12. The summed E-state index contributed by atoms with van der Waals surface area (Å²) in [6.07, 6.45) is 7.91. The van der Waals surface area contributed by atoms with Crippen molar-refractivity contribution in [3.05, 3.63) is 47.8 Å². The van der Waals surface area contributed by atoms with E-state index in [1.165, 1.54) is 6.20 Å². The molecule has 4 heterocycles. The highest BCUT2D eigenvalue weighted by Crippen LogP contribution is 2.38. The zero-order valence-corrected chi connectivity index (χ0v) is 17.9. The number of carbonyl (C=O) groups is 1. The molecule has 5 rings (SSSR count). The van der Waals surface area contributed by atoms with Crippen LogP contribution in [0.5, 0.6) is 0 Å². The largest absolute Gasteiger partial charge is 0.364 e. The van der Waals surface area contributed by atoms with Gasteiger partial charge in [-0.25, -0.2) is 18.7 Å². The summed E-state index contributed by atoms with van der Waals surface area (Å²) in [5.74, 6) is -1.61. The Hall–Kier alpha value is -3.07. The van der Waals surface area contributed by atoms with Gasteiger partial charge in [-0.1, -0.05) is 6.92 Å². The van der Waals surface area contributed by atoms with E-state index in [2.05, 4.69) is 32.8 Å². The fraction of sp³-hybridized carbons (Fsp3) is 0.435. The highest BCUT2D eigenvalue weighted by atomic mass is 19.1. The fourth-order valence-electron chi connectivity index (χ4n) is 4.24. The first-order chi connectivity index (χ1) is 15.5. The molecule has 7 nitrogen and oxygen atoms in total. The number of hydrogen-bond donors (Lipinski definition) is 3. The molecule has 1 aliphatic heterocycles. The standard InChI is InChI=1S/C23H26F2N6O/c1-2-23(6-7-23)30-22(32)14-5-9-31-18(13-27-19(31)10-14)20-16(24)11-17(25)21(29-20)28-15-4-3-8-26-12-15/h5,9-11,13,15,26H,2-4,6-8,12H2,1H3,(H,28,29)(H,30,32). The number of nitrogens with one attached hydrogen (secondary N) is 3. The van der Waals surface area contributed by atoms with E-state index in [0.29, 0.717) is 23.4 Å². The molecule has 3 aromatic heterocycles. The molecule has 2 fully saturated rings. The highest BCUT2D eigenvalue weighted by Gasteiger charge is 2.42. The minimum atomic E-state index is -0.767. The van der Waals surface area contributed by atoms with E-state index >= 15 is 0 Å². The van der Waals surface area contributed by atoms with E-state index in [-0.39, 0.29) is 29.0 Å². The number of carbonyl (C=O) groups excluding carboxylic acids is 1. The number of anilines is 1. The average Bonchev–Trinajstić information content (AvgIpc) is 3.45. The summed E-state index contributed by atoms with van der Waals surface area (Å²) in [7, 11) is 0. The molecule has 0 bridgehead atoms. The van der Waals surface area contributed by atoms with Gasteiger partial charge in [0.15, 0.2) is 17.5 Å². The number of halogens is 2. The summed E-state index contributed by atoms with van der Waals surface area (Å²) in [5, 5.41) is 9.44. The number of aromatic nitrogens is 3. The molecule has 1 saturated carbocycles. The van der Waals surface area contributed by atoms with Crippen LogP contribution in [-0.4, -0.2) is 44.9 Å². The SMILES string of the molecule is CCC1(NC(=O)c2ccn3c(-c4nc(NC5CCCNC5)c(F)cc4F)cnc3c2)CC1. The Labute approximate surface area is 184 Å². The molecule has 3 N–H and O–H groups in total. The van der Waals surface area contributed by atoms with E-state index in [0.717, 1.165) is 44.7 Å². The first-order valence-electron chi connectivity index (χ1n) is 11.1. The average molecular weight is 440 g/mol. The molecule has 3 aromatic rings. The lowest BCUT2D eigenvalue weighted by atomic mass is 10.1. The lowest BCUT2D eigenvalue weighted by molar-refractivity contribution is 0.0930. The van der Waals surface area contributed by atoms with E-state index < -0.39 is 11.6 Å². The molecule has 1 amide bonds. The number of rotatable bonds is 6. The predicted octanol–water partition coefficient (Wildman–Crippen LogP) is 3.51. The van der Waals surface area contributed by atoms with Gasteiger partial charge in [0, 0.05) is 36.0 Å². The van der Waals surface area contributed by atoms with Crippen LogP contribution in [0.4, 0.5) is 14.6 Å². The maximum Gasteiger partial charge on any atom is 0.251 e. The summed E-state index contributed by atoms with van der Waals surface area (Å²) in [6.45, 7) is 3.70. The van der Waals surface area contributed by atoms with E-state index in [1.807, 2.05) is 0 Å². The molecule has 2 aliphatic rings. The van der Waals surface area contributed by atoms with Crippen molar-refractivity contribution in [3.63, 3.8) is 0 Å². The third-order valence-corrected chi connectivity index (χ3v) is 6.49. The normalized spacial score (nSPS) is 19.7. The monoisotopic (exact) mass is 440 g/mol. The van der Waals surface area contributed by atoms with Crippen molar-refractivity contribution in [3.8, 4) is 11.4 Å². The van der Waals surface area contributed by atoms with Crippen molar-refractivity contribution < 1.29 is 13.6 Å². The first kappa shape index (κ1) is 20.8. The van der Waals surface area contributed by atoms with Gasteiger partial charge in [0.1, 0.15) is 11.3 Å². The number of piperidine rings is 1. The van der Waals surface area contributed by atoms with Gasteiger partial charge in [-0.2, -0.15) is 0 Å². The van der Waals surface area contributed by atoms with Gasteiger partial charge >= 0.3 is 0 Å². The van der Waals surface area contributed by atoms with Crippen LogP contribution in [0.2, 0.25) is 0 Å². The number of imidazole rings is 1. The smallest absolute Gasteiger partial charge is 0.251 e. The van der Waals surface area contributed by atoms with Gasteiger partial charge in [-0.05, 0) is 50.8 Å². The molecule has 32 heavy (non-hydrogen) atoms. The molecular formula is C23H26F2N6O. The quantitative estimate of drug-likeness (QED) is 0.546. The fourth-order valence-corrected chi connectivity index (χ4v) is 4.24. The van der Waals surface area contributed by atoms with Gasteiger partial charge in [0.05, 0.1) is 11.9 Å². The van der Waals surface area contributed by atoms with Crippen LogP contribution in [-0.2, 0) is 0 Å². The second-order valence-electron chi connectivity index (χ2n) is 8.71. The molecule has 168 valence electrons. The Morgan fingerprint density at radius 1 is 1.31 bits per heavy atom. The molecule has 1 atom stereocenters. The van der Waals surface area contributed by atoms with Crippen LogP contribution in [0.1, 0.15) is 49.4 Å². The molecule has 0 spiro atoms. The zero-order valence-electron chi connectivity index (χ0n) is 17.9. The molecule has 1 saturated heterocycles. The summed E-state index contributed by atoms with van der Waals surface area (Å²) in [6, 6.07) is 4.22. The number of nitrogens with zero attached hydrogens (tertiary/aromatic N) is 3. The Morgan fingerprint density at radius 3 is 2.88 bits per heavy atom. The Morgan fingerprint density at radius 2 is 2.16 bits per heavy atom. The maximum atomic E-state index is 14.7. The molecular weight excluding hydrogens is 414 g/mol. The van der Waals surface area contributed by atoms with Gasteiger partial charge in [-0.3, -0.25) is 9.20 Å². The molecule has 0 aromatic carbocycles. The summed E-state index contributed by atoms with van der Waals surface area (Å²) in [4.78, 5) is 21.2. The highest BCUT2D eigenvalue weighted by molar-refractivity contribution is 5.95. The minimum Gasteiger partial charge on any atom is -0.364 e. The van der Waals surface area contributed by atoms with Crippen LogP contribution >= 0.6 is 0 Å². The second-order valence-corrected chi connectivity index (χ2v) is 8.71. The van der Waals surface area contributed by atoms with Crippen molar-refractivity contribution in [1.82, 2.24) is 25.0 Å². The lowest BCUT2D eigenvalue weighted by Gasteiger charge is -2.24.